The first-order chi connectivity index (χ1) is 6.79. The number of thiazole rings is 1. The van der Waals surface area contributed by atoms with Crippen LogP contribution in [0.15, 0.2) is 29.0 Å². The summed E-state index contributed by atoms with van der Waals surface area (Å²) in [6, 6.07) is 3.88. The molecular weight excluding hydrogens is 284 g/mol. The molecule has 0 saturated heterocycles. The fraction of sp³-hybridized carbons (Fsp3) is 0.111. The van der Waals surface area contributed by atoms with Gasteiger partial charge in [-0.2, -0.15) is 0 Å². The summed E-state index contributed by atoms with van der Waals surface area (Å²) in [6.07, 6.45) is 3.55. The molecule has 2 nitrogen and oxygen atoms in total. The number of nitrogens with zero attached hydrogens (tertiary/aromatic N) is 2. The molecule has 0 aromatic carbocycles. The summed E-state index contributed by atoms with van der Waals surface area (Å²) in [5, 5.41) is 0.910. The van der Waals surface area contributed by atoms with Crippen molar-refractivity contribution in [3.8, 4) is 10.7 Å². The highest BCUT2D eigenvalue weighted by atomic mass is 79.9. The molecule has 0 unspecified atom stereocenters. The standard InChI is InChI=1S/C9H6BrClN2S/c10-6-1-2-8(12-4-6)9-13-5-7(3-11)14-9/h1-2,4-5H,3H2. The van der Waals surface area contributed by atoms with Gasteiger partial charge < -0.3 is 0 Å². The second-order valence-corrected chi connectivity index (χ2v) is 4.93. The van der Waals surface area contributed by atoms with Gasteiger partial charge in [0, 0.05) is 21.7 Å². The average Bonchev–Trinajstić information content (AvgIpc) is 2.67. The van der Waals surface area contributed by atoms with E-state index >= 15 is 0 Å². The molecule has 0 aliphatic carbocycles. The number of halogens is 2. The minimum absolute atomic E-state index is 0.508. The topological polar surface area (TPSA) is 25.8 Å². The van der Waals surface area contributed by atoms with Crippen LogP contribution in [0.1, 0.15) is 4.88 Å². The van der Waals surface area contributed by atoms with Crippen LogP contribution in [0.5, 0.6) is 0 Å². The number of hydrogen-bond donors (Lipinski definition) is 0. The maximum Gasteiger partial charge on any atom is 0.142 e. The first kappa shape index (κ1) is 10.1. The van der Waals surface area contributed by atoms with E-state index in [1.807, 2.05) is 12.1 Å². The van der Waals surface area contributed by atoms with Crippen LogP contribution >= 0.6 is 38.9 Å². The van der Waals surface area contributed by atoms with Crippen molar-refractivity contribution in [3.05, 3.63) is 33.9 Å². The van der Waals surface area contributed by atoms with Gasteiger partial charge in [-0.15, -0.1) is 22.9 Å². The summed E-state index contributed by atoms with van der Waals surface area (Å²) in [4.78, 5) is 9.56. The summed E-state index contributed by atoms with van der Waals surface area (Å²) < 4.78 is 0.968. The third-order valence-electron chi connectivity index (χ3n) is 1.63. The Kier molecular flexibility index (Phi) is 3.15. The van der Waals surface area contributed by atoms with Crippen molar-refractivity contribution >= 4 is 38.9 Å². The molecule has 2 aromatic heterocycles. The Balaban J connectivity index is 2.34. The Labute approximate surface area is 99.1 Å². The first-order valence-corrected chi connectivity index (χ1v) is 6.06. The largest absolute Gasteiger partial charge is 0.253 e. The molecule has 0 aliphatic heterocycles. The van der Waals surface area contributed by atoms with E-state index in [4.69, 9.17) is 11.6 Å². The molecule has 0 radical (unpaired) electrons. The lowest BCUT2D eigenvalue weighted by atomic mass is 10.4. The fourth-order valence-corrected chi connectivity index (χ4v) is 2.20. The van der Waals surface area contributed by atoms with E-state index in [-0.39, 0.29) is 0 Å². The smallest absolute Gasteiger partial charge is 0.142 e. The van der Waals surface area contributed by atoms with Crippen LogP contribution < -0.4 is 0 Å². The molecule has 2 aromatic rings. The average molecular weight is 290 g/mol. The van der Waals surface area contributed by atoms with Crippen LogP contribution in [0.2, 0.25) is 0 Å². The second kappa shape index (κ2) is 4.38. The zero-order chi connectivity index (χ0) is 9.97. The Morgan fingerprint density at radius 1 is 1.29 bits per heavy atom. The highest BCUT2D eigenvalue weighted by Gasteiger charge is 2.04. The van der Waals surface area contributed by atoms with Gasteiger partial charge in [-0.05, 0) is 28.1 Å². The van der Waals surface area contributed by atoms with Gasteiger partial charge in [-0.1, -0.05) is 0 Å². The van der Waals surface area contributed by atoms with Crippen molar-refractivity contribution in [2.24, 2.45) is 0 Å². The Hall–Kier alpha value is -0.450. The van der Waals surface area contributed by atoms with Gasteiger partial charge in [0.15, 0.2) is 0 Å². The summed E-state index contributed by atoms with van der Waals surface area (Å²) in [5.74, 6) is 0.508. The van der Waals surface area contributed by atoms with Gasteiger partial charge in [0.2, 0.25) is 0 Å². The van der Waals surface area contributed by atoms with Crippen LogP contribution in [-0.4, -0.2) is 9.97 Å². The van der Waals surface area contributed by atoms with E-state index in [1.165, 1.54) is 0 Å². The Morgan fingerprint density at radius 3 is 2.71 bits per heavy atom. The summed E-state index contributed by atoms with van der Waals surface area (Å²) >= 11 is 10.6. The molecular formula is C9H6BrClN2S. The second-order valence-electron chi connectivity index (χ2n) is 2.63. The molecule has 14 heavy (non-hydrogen) atoms. The van der Waals surface area contributed by atoms with Crippen molar-refractivity contribution in [1.82, 2.24) is 9.97 Å². The lowest BCUT2D eigenvalue weighted by Gasteiger charge is -1.94. The molecule has 0 N–H and O–H groups in total. The van der Waals surface area contributed by atoms with Crippen LogP contribution in [0.3, 0.4) is 0 Å². The molecule has 0 bridgehead atoms. The molecule has 0 fully saturated rings. The van der Waals surface area contributed by atoms with Crippen LogP contribution in [0, 0.1) is 0 Å². The van der Waals surface area contributed by atoms with Crippen molar-refractivity contribution in [3.63, 3.8) is 0 Å². The molecule has 5 heteroatoms. The van der Waals surface area contributed by atoms with Gasteiger partial charge in [0.1, 0.15) is 5.01 Å². The Bertz CT molecular complexity index is 427. The molecule has 0 saturated carbocycles. The summed E-state index contributed by atoms with van der Waals surface area (Å²) in [6.45, 7) is 0. The minimum atomic E-state index is 0.508. The van der Waals surface area contributed by atoms with Gasteiger partial charge in [-0.25, -0.2) is 4.98 Å². The molecule has 0 amide bonds. The van der Waals surface area contributed by atoms with E-state index < -0.39 is 0 Å². The van der Waals surface area contributed by atoms with Crippen LogP contribution in [0.25, 0.3) is 10.7 Å². The summed E-state index contributed by atoms with van der Waals surface area (Å²) in [5.41, 5.74) is 0.884. The fourth-order valence-electron chi connectivity index (χ4n) is 0.990. The van der Waals surface area contributed by atoms with Gasteiger partial charge in [-0.3, -0.25) is 4.98 Å². The highest BCUT2D eigenvalue weighted by Crippen LogP contribution is 2.24. The lowest BCUT2D eigenvalue weighted by Crippen LogP contribution is -1.79. The predicted octanol–water partition coefficient (Wildman–Crippen LogP) is 3.71. The molecule has 0 atom stereocenters. The van der Waals surface area contributed by atoms with Crippen LogP contribution in [0.4, 0.5) is 0 Å². The highest BCUT2D eigenvalue weighted by molar-refractivity contribution is 9.10. The number of aromatic nitrogens is 2. The van der Waals surface area contributed by atoms with E-state index in [0.29, 0.717) is 5.88 Å². The summed E-state index contributed by atoms with van der Waals surface area (Å²) in [7, 11) is 0. The SMILES string of the molecule is ClCc1cnc(-c2ccc(Br)cn2)s1. The maximum atomic E-state index is 5.70. The zero-order valence-electron chi connectivity index (χ0n) is 7.08. The van der Waals surface area contributed by atoms with Crippen LogP contribution in [-0.2, 0) is 5.88 Å². The van der Waals surface area contributed by atoms with Crippen molar-refractivity contribution in [2.45, 2.75) is 5.88 Å². The number of hydrogen-bond acceptors (Lipinski definition) is 3. The normalized spacial score (nSPS) is 10.4. The van der Waals surface area contributed by atoms with Gasteiger partial charge in [0.25, 0.3) is 0 Å². The minimum Gasteiger partial charge on any atom is -0.253 e. The molecule has 0 spiro atoms. The maximum absolute atomic E-state index is 5.70. The van der Waals surface area contributed by atoms with Crippen molar-refractivity contribution < 1.29 is 0 Å². The molecule has 2 heterocycles. The third-order valence-corrected chi connectivity index (χ3v) is 3.57. The van der Waals surface area contributed by atoms with E-state index in [1.54, 1.807) is 23.7 Å². The number of alkyl halides is 1. The van der Waals surface area contributed by atoms with E-state index in [0.717, 1.165) is 20.1 Å². The predicted molar refractivity (Wildman–Crippen MR) is 62.6 cm³/mol. The third kappa shape index (κ3) is 2.13. The lowest BCUT2D eigenvalue weighted by molar-refractivity contribution is 1.27. The van der Waals surface area contributed by atoms with E-state index in [9.17, 15) is 0 Å². The van der Waals surface area contributed by atoms with E-state index in [2.05, 4.69) is 25.9 Å². The monoisotopic (exact) mass is 288 g/mol. The molecule has 72 valence electrons. The quantitative estimate of drug-likeness (QED) is 0.788. The van der Waals surface area contributed by atoms with Gasteiger partial charge >= 0.3 is 0 Å². The molecule has 0 aliphatic rings. The van der Waals surface area contributed by atoms with Gasteiger partial charge in [0.05, 0.1) is 11.6 Å². The van der Waals surface area contributed by atoms with Crippen molar-refractivity contribution in [2.75, 3.05) is 0 Å². The number of rotatable bonds is 2. The zero-order valence-corrected chi connectivity index (χ0v) is 10.2. The Morgan fingerprint density at radius 2 is 2.14 bits per heavy atom. The first-order valence-electron chi connectivity index (χ1n) is 3.92. The number of pyridine rings is 1. The van der Waals surface area contributed by atoms with Crippen molar-refractivity contribution in [1.29, 1.82) is 0 Å². The molecule has 2 rings (SSSR count).